The highest BCUT2D eigenvalue weighted by Gasteiger charge is 2.29. The van der Waals surface area contributed by atoms with Gasteiger partial charge >= 0.3 is 0 Å². The van der Waals surface area contributed by atoms with Gasteiger partial charge in [0.25, 0.3) is 5.91 Å². The summed E-state index contributed by atoms with van der Waals surface area (Å²) in [7, 11) is 3.74. The van der Waals surface area contributed by atoms with Gasteiger partial charge in [-0.2, -0.15) is 0 Å². The van der Waals surface area contributed by atoms with Gasteiger partial charge in [-0.3, -0.25) is 4.79 Å². The van der Waals surface area contributed by atoms with Crippen LogP contribution >= 0.6 is 11.3 Å². The van der Waals surface area contributed by atoms with Gasteiger partial charge in [-0.25, -0.2) is 4.98 Å². The topological polar surface area (TPSA) is 82.7 Å². The van der Waals surface area contributed by atoms with Crippen molar-refractivity contribution in [1.29, 1.82) is 0 Å². The predicted molar refractivity (Wildman–Crippen MR) is 81.2 cm³/mol. The van der Waals surface area contributed by atoms with E-state index in [1.807, 2.05) is 19.0 Å². The Morgan fingerprint density at radius 1 is 1.50 bits per heavy atom. The van der Waals surface area contributed by atoms with Gasteiger partial charge in [0.15, 0.2) is 5.13 Å². The number of nitrogens with zero attached hydrogens (tertiary/aromatic N) is 3. The van der Waals surface area contributed by atoms with Crippen LogP contribution in [-0.2, 0) is 0 Å². The number of carbonyl (C=O) groups excluding carboxylic acids is 1. The molecule has 1 fully saturated rings. The summed E-state index contributed by atoms with van der Waals surface area (Å²) in [5.41, 5.74) is 5.88. The first kappa shape index (κ1) is 15.1. The van der Waals surface area contributed by atoms with Crippen molar-refractivity contribution in [1.82, 2.24) is 9.88 Å². The zero-order valence-corrected chi connectivity index (χ0v) is 12.8. The Morgan fingerprint density at radius 3 is 2.85 bits per heavy atom. The minimum absolute atomic E-state index is 0.00495. The van der Waals surface area contributed by atoms with Crippen LogP contribution in [0.4, 0.5) is 10.9 Å². The predicted octanol–water partition coefficient (Wildman–Crippen LogP) is 1.17. The molecule has 0 aliphatic carbocycles. The van der Waals surface area contributed by atoms with E-state index >= 15 is 0 Å². The number of amides is 1. The molecule has 6 nitrogen and oxygen atoms in total. The molecule has 7 heteroatoms. The van der Waals surface area contributed by atoms with Gasteiger partial charge in [-0.05, 0) is 12.8 Å². The van der Waals surface area contributed by atoms with Gasteiger partial charge in [0, 0.05) is 20.6 Å². The normalized spacial score (nSPS) is 19.8. The number of aliphatic hydroxyl groups is 1. The Morgan fingerprint density at radius 2 is 2.25 bits per heavy atom. The lowest BCUT2D eigenvalue weighted by atomic mass is 10.1. The fourth-order valence-electron chi connectivity index (χ4n) is 2.43. The molecule has 1 aliphatic heterocycles. The Hall–Kier alpha value is -1.34. The molecule has 0 saturated carbocycles. The highest BCUT2D eigenvalue weighted by molar-refractivity contribution is 7.18. The van der Waals surface area contributed by atoms with Crippen LogP contribution in [0.15, 0.2) is 0 Å². The largest absolute Gasteiger partial charge is 0.394 e. The number of aromatic nitrogens is 1. The standard InChI is InChI=1S/C13H22N4O2S/c1-16(2)13-15-11(14)10(20-13)12(19)17-7-5-3-4-6-9(17)8-18/h9,18H,3-8,14H2,1-2H3. The van der Waals surface area contributed by atoms with Gasteiger partial charge < -0.3 is 20.6 Å². The van der Waals surface area contributed by atoms with Crippen molar-refractivity contribution >= 4 is 28.2 Å². The lowest BCUT2D eigenvalue weighted by molar-refractivity contribution is 0.0605. The molecular weight excluding hydrogens is 276 g/mol. The molecule has 0 aromatic carbocycles. The highest BCUT2D eigenvalue weighted by Crippen LogP contribution is 2.29. The molecule has 0 radical (unpaired) electrons. The number of nitrogens with two attached hydrogens (primary N) is 1. The quantitative estimate of drug-likeness (QED) is 0.875. The molecule has 1 unspecified atom stereocenters. The van der Waals surface area contributed by atoms with Crippen LogP contribution in [0.25, 0.3) is 0 Å². The molecule has 3 N–H and O–H groups in total. The third-order valence-corrected chi connectivity index (χ3v) is 4.79. The van der Waals surface area contributed by atoms with Crippen molar-refractivity contribution in [2.75, 3.05) is 37.9 Å². The molecule has 1 aromatic heterocycles. The number of aliphatic hydroxyl groups excluding tert-OH is 1. The lowest BCUT2D eigenvalue weighted by Crippen LogP contribution is -2.42. The number of likely N-dealkylation sites (tertiary alicyclic amines) is 1. The lowest BCUT2D eigenvalue weighted by Gasteiger charge is -2.28. The molecule has 0 spiro atoms. The van der Waals surface area contributed by atoms with Crippen molar-refractivity contribution in [2.45, 2.75) is 31.7 Å². The second kappa shape index (κ2) is 6.41. The maximum absolute atomic E-state index is 12.7. The van der Waals surface area contributed by atoms with E-state index in [-0.39, 0.29) is 24.4 Å². The van der Waals surface area contributed by atoms with E-state index in [4.69, 9.17) is 5.73 Å². The minimum Gasteiger partial charge on any atom is -0.394 e. The van der Waals surface area contributed by atoms with E-state index in [1.54, 1.807) is 4.90 Å². The molecule has 1 amide bonds. The molecule has 2 rings (SSSR count). The van der Waals surface area contributed by atoms with Gasteiger partial charge in [0.1, 0.15) is 10.7 Å². The fraction of sp³-hybridized carbons (Fsp3) is 0.692. The molecule has 1 aromatic rings. The van der Waals surface area contributed by atoms with Crippen LogP contribution in [-0.4, -0.2) is 54.2 Å². The van der Waals surface area contributed by atoms with E-state index < -0.39 is 0 Å². The summed E-state index contributed by atoms with van der Waals surface area (Å²) in [6.07, 6.45) is 3.97. The van der Waals surface area contributed by atoms with E-state index in [9.17, 15) is 9.90 Å². The minimum atomic E-state index is -0.103. The Balaban J connectivity index is 2.24. The van der Waals surface area contributed by atoms with Crippen LogP contribution in [0, 0.1) is 0 Å². The number of rotatable bonds is 3. The van der Waals surface area contributed by atoms with E-state index in [0.717, 1.165) is 30.8 Å². The number of nitrogen functional groups attached to an aromatic ring is 1. The third-order valence-electron chi connectivity index (χ3n) is 3.57. The van der Waals surface area contributed by atoms with Crippen LogP contribution < -0.4 is 10.6 Å². The monoisotopic (exact) mass is 298 g/mol. The molecule has 112 valence electrons. The van der Waals surface area contributed by atoms with Crippen LogP contribution in [0.1, 0.15) is 35.4 Å². The number of thiazole rings is 1. The number of hydrogen-bond donors (Lipinski definition) is 2. The molecule has 20 heavy (non-hydrogen) atoms. The second-order valence-electron chi connectivity index (χ2n) is 5.29. The van der Waals surface area contributed by atoms with Crippen molar-refractivity contribution in [3.05, 3.63) is 4.88 Å². The fourth-order valence-corrected chi connectivity index (χ4v) is 3.29. The average molecular weight is 298 g/mol. The van der Waals surface area contributed by atoms with E-state index in [1.165, 1.54) is 11.3 Å². The summed E-state index contributed by atoms with van der Waals surface area (Å²) in [5, 5.41) is 10.2. The number of anilines is 2. The Labute approximate surface area is 123 Å². The maximum atomic E-state index is 12.7. The molecule has 1 saturated heterocycles. The van der Waals surface area contributed by atoms with Crippen molar-refractivity contribution in [3.63, 3.8) is 0 Å². The Bertz CT molecular complexity index is 475. The number of carbonyl (C=O) groups is 1. The van der Waals surface area contributed by atoms with Gasteiger partial charge in [0.05, 0.1) is 12.6 Å². The zero-order chi connectivity index (χ0) is 14.7. The van der Waals surface area contributed by atoms with Gasteiger partial charge in [-0.1, -0.05) is 24.2 Å². The van der Waals surface area contributed by atoms with Gasteiger partial charge in [0.2, 0.25) is 0 Å². The first-order valence-electron chi connectivity index (χ1n) is 6.90. The summed E-state index contributed by atoms with van der Waals surface area (Å²) in [5.74, 6) is 0.179. The van der Waals surface area contributed by atoms with Crippen LogP contribution in [0.5, 0.6) is 0 Å². The van der Waals surface area contributed by atoms with E-state index in [0.29, 0.717) is 11.4 Å². The molecule has 1 atom stereocenters. The van der Waals surface area contributed by atoms with Crippen molar-refractivity contribution in [2.24, 2.45) is 0 Å². The number of hydrogen-bond acceptors (Lipinski definition) is 6. The summed E-state index contributed by atoms with van der Waals surface area (Å²) >= 11 is 1.31. The molecule has 1 aliphatic rings. The van der Waals surface area contributed by atoms with E-state index in [2.05, 4.69) is 4.98 Å². The molecule has 0 bridgehead atoms. The van der Waals surface area contributed by atoms with Gasteiger partial charge in [-0.15, -0.1) is 0 Å². The van der Waals surface area contributed by atoms with Crippen LogP contribution in [0.2, 0.25) is 0 Å². The molecular formula is C13H22N4O2S. The van der Waals surface area contributed by atoms with Crippen molar-refractivity contribution < 1.29 is 9.90 Å². The van der Waals surface area contributed by atoms with Crippen molar-refractivity contribution in [3.8, 4) is 0 Å². The van der Waals surface area contributed by atoms with Crippen LogP contribution in [0.3, 0.4) is 0 Å². The SMILES string of the molecule is CN(C)c1nc(N)c(C(=O)N2CCCCCC2CO)s1. The summed E-state index contributed by atoms with van der Waals surface area (Å²) in [4.78, 5) is 21.0. The summed E-state index contributed by atoms with van der Waals surface area (Å²) in [6.45, 7) is 0.684. The highest BCUT2D eigenvalue weighted by atomic mass is 32.1. The third kappa shape index (κ3) is 3.04. The summed E-state index contributed by atoms with van der Waals surface area (Å²) < 4.78 is 0. The zero-order valence-electron chi connectivity index (χ0n) is 12.0. The Kier molecular flexibility index (Phi) is 4.82. The smallest absolute Gasteiger partial charge is 0.268 e. The second-order valence-corrected chi connectivity index (χ2v) is 6.27. The summed E-state index contributed by atoms with van der Waals surface area (Å²) in [6, 6.07) is -0.102. The first-order valence-corrected chi connectivity index (χ1v) is 7.71. The average Bonchev–Trinajstić information content (AvgIpc) is 2.67. The first-order chi connectivity index (χ1) is 9.54. The maximum Gasteiger partial charge on any atom is 0.268 e. The molecule has 2 heterocycles.